The predicted octanol–water partition coefficient (Wildman–Crippen LogP) is 3.06. The average Bonchev–Trinajstić information content (AvgIpc) is 3.01. The summed E-state index contributed by atoms with van der Waals surface area (Å²) in [6.07, 6.45) is 0. The van der Waals surface area contributed by atoms with Gasteiger partial charge in [0.1, 0.15) is 18.2 Å². The Hall–Kier alpha value is -3.07. The van der Waals surface area contributed by atoms with Crippen molar-refractivity contribution in [3.8, 4) is 5.75 Å². The second kappa shape index (κ2) is 8.75. The number of carbonyl (C=O) groups is 1. The molecule has 0 saturated heterocycles. The van der Waals surface area contributed by atoms with E-state index in [1.807, 2.05) is 32.0 Å². The zero-order valence-corrected chi connectivity index (χ0v) is 16.3. The first-order valence-corrected chi connectivity index (χ1v) is 9.49. The number of halogens is 1. The molecule has 0 unspecified atom stereocenters. The maximum Gasteiger partial charge on any atom is 0.234 e. The third-order valence-electron chi connectivity index (χ3n) is 3.95. The van der Waals surface area contributed by atoms with Gasteiger partial charge < -0.3 is 15.9 Å². The number of nitrogens with one attached hydrogen (secondary N) is 1. The van der Waals surface area contributed by atoms with Gasteiger partial charge in [-0.2, -0.15) is 0 Å². The predicted molar refractivity (Wildman–Crippen MR) is 106 cm³/mol. The lowest BCUT2D eigenvalue weighted by Crippen LogP contribution is -2.18. The molecule has 0 aliphatic heterocycles. The van der Waals surface area contributed by atoms with Crippen LogP contribution in [0.2, 0.25) is 0 Å². The molecule has 2 aromatic carbocycles. The molecule has 0 saturated carbocycles. The van der Waals surface area contributed by atoms with Gasteiger partial charge in [0.05, 0.1) is 5.75 Å². The Morgan fingerprint density at radius 1 is 1.18 bits per heavy atom. The van der Waals surface area contributed by atoms with E-state index in [9.17, 15) is 9.18 Å². The summed E-state index contributed by atoms with van der Waals surface area (Å²) in [6, 6.07) is 11.4. The topological polar surface area (TPSA) is 95.1 Å². The number of aromatic nitrogens is 3. The van der Waals surface area contributed by atoms with Crippen molar-refractivity contribution in [2.24, 2.45) is 0 Å². The molecule has 1 aromatic heterocycles. The fourth-order valence-electron chi connectivity index (χ4n) is 2.53. The van der Waals surface area contributed by atoms with Gasteiger partial charge >= 0.3 is 0 Å². The van der Waals surface area contributed by atoms with Crippen molar-refractivity contribution in [1.82, 2.24) is 14.9 Å². The van der Waals surface area contributed by atoms with Crippen LogP contribution in [0.4, 0.5) is 10.1 Å². The first-order chi connectivity index (χ1) is 13.4. The summed E-state index contributed by atoms with van der Waals surface area (Å²) in [5.74, 6) is 6.72. The van der Waals surface area contributed by atoms with Crippen LogP contribution in [0.1, 0.15) is 17.0 Å². The Labute approximate surface area is 166 Å². The largest absolute Gasteiger partial charge is 0.485 e. The normalized spacial score (nSPS) is 10.7. The number of ether oxygens (including phenoxy) is 1. The highest BCUT2D eigenvalue weighted by Crippen LogP contribution is 2.23. The number of hydrogen-bond acceptors (Lipinski definition) is 6. The summed E-state index contributed by atoms with van der Waals surface area (Å²) in [4.78, 5) is 12.0. The molecule has 0 bridgehead atoms. The van der Waals surface area contributed by atoms with E-state index in [2.05, 4.69) is 15.5 Å². The standard InChI is InChI=1S/C19H20FN5O2S/c1-12-4-3-5-13(2)18(12)27-10-16-23-24-19(25(16)21)28-11-17(26)22-15-8-6-14(20)7-9-15/h3-9H,10-11,21H2,1-2H3,(H,22,26). The highest BCUT2D eigenvalue weighted by atomic mass is 32.2. The molecule has 146 valence electrons. The smallest absolute Gasteiger partial charge is 0.234 e. The molecule has 3 N–H and O–H groups in total. The second-order valence-corrected chi connectivity index (χ2v) is 7.06. The molecule has 0 fully saturated rings. The molecule has 0 aliphatic carbocycles. The molecule has 0 spiro atoms. The van der Waals surface area contributed by atoms with Crippen LogP contribution in [-0.2, 0) is 11.4 Å². The molecule has 1 heterocycles. The van der Waals surface area contributed by atoms with Gasteiger partial charge in [0.25, 0.3) is 0 Å². The minimum Gasteiger partial charge on any atom is -0.485 e. The fourth-order valence-corrected chi connectivity index (χ4v) is 3.20. The summed E-state index contributed by atoms with van der Waals surface area (Å²) in [6.45, 7) is 4.10. The minimum absolute atomic E-state index is 0.0878. The van der Waals surface area contributed by atoms with Crippen LogP contribution in [0.5, 0.6) is 5.75 Å². The van der Waals surface area contributed by atoms with Crippen molar-refractivity contribution in [3.05, 3.63) is 65.2 Å². The lowest BCUT2D eigenvalue weighted by molar-refractivity contribution is -0.113. The Balaban J connectivity index is 1.55. The Morgan fingerprint density at radius 2 is 1.86 bits per heavy atom. The van der Waals surface area contributed by atoms with Crippen LogP contribution in [0, 0.1) is 19.7 Å². The molecule has 0 radical (unpaired) electrons. The first-order valence-electron chi connectivity index (χ1n) is 8.50. The van der Waals surface area contributed by atoms with Crippen LogP contribution in [0.3, 0.4) is 0 Å². The van der Waals surface area contributed by atoms with Crippen molar-refractivity contribution >= 4 is 23.4 Å². The number of amides is 1. The van der Waals surface area contributed by atoms with Crippen LogP contribution in [0.25, 0.3) is 0 Å². The van der Waals surface area contributed by atoms with Gasteiger partial charge in [-0.25, -0.2) is 9.07 Å². The van der Waals surface area contributed by atoms with Crippen molar-refractivity contribution in [2.45, 2.75) is 25.6 Å². The van der Waals surface area contributed by atoms with Gasteiger partial charge in [-0.05, 0) is 49.2 Å². The summed E-state index contributed by atoms with van der Waals surface area (Å²) in [7, 11) is 0. The second-order valence-electron chi connectivity index (χ2n) is 6.12. The summed E-state index contributed by atoms with van der Waals surface area (Å²) < 4.78 is 20.0. The molecule has 9 heteroatoms. The van der Waals surface area contributed by atoms with Crippen LogP contribution >= 0.6 is 11.8 Å². The molecular weight excluding hydrogens is 381 g/mol. The van der Waals surface area contributed by atoms with Gasteiger partial charge in [0.2, 0.25) is 11.1 Å². The third-order valence-corrected chi connectivity index (χ3v) is 4.89. The molecule has 3 aromatic rings. The molecule has 7 nitrogen and oxygen atoms in total. The summed E-state index contributed by atoms with van der Waals surface area (Å²) in [5, 5.41) is 11.1. The zero-order valence-electron chi connectivity index (χ0n) is 15.5. The molecule has 3 rings (SSSR count). The number of benzene rings is 2. The van der Waals surface area contributed by atoms with E-state index in [0.29, 0.717) is 16.7 Å². The lowest BCUT2D eigenvalue weighted by atomic mass is 10.1. The van der Waals surface area contributed by atoms with Gasteiger partial charge in [-0.3, -0.25) is 4.79 Å². The number of nitrogens with two attached hydrogens (primary N) is 1. The zero-order chi connectivity index (χ0) is 20.1. The number of para-hydroxylation sites is 1. The number of nitrogen functional groups attached to an aromatic ring is 1. The molecule has 0 aliphatic rings. The van der Waals surface area contributed by atoms with E-state index in [1.165, 1.54) is 28.9 Å². The molecular formula is C19H20FN5O2S. The lowest BCUT2D eigenvalue weighted by Gasteiger charge is -2.11. The van der Waals surface area contributed by atoms with Crippen LogP contribution in [0.15, 0.2) is 47.6 Å². The number of nitrogens with zero attached hydrogens (tertiary/aromatic N) is 3. The highest BCUT2D eigenvalue weighted by Gasteiger charge is 2.14. The van der Waals surface area contributed by atoms with Crippen LogP contribution < -0.4 is 15.9 Å². The van der Waals surface area contributed by atoms with Crippen molar-refractivity contribution in [2.75, 3.05) is 16.9 Å². The number of rotatable bonds is 7. The highest BCUT2D eigenvalue weighted by molar-refractivity contribution is 7.99. The van der Waals surface area contributed by atoms with Crippen molar-refractivity contribution < 1.29 is 13.9 Å². The van der Waals surface area contributed by atoms with Crippen LogP contribution in [-0.4, -0.2) is 26.5 Å². The first kappa shape index (κ1) is 19.7. The van der Waals surface area contributed by atoms with Gasteiger partial charge in [0, 0.05) is 5.69 Å². The van der Waals surface area contributed by atoms with E-state index < -0.39 is 0 Å². The SMILES string of the molecule is Cc1cccc(C)c1OCc1nnc(SCC(=O)Nc2ccc(F)cc2)n1N. The average molecular weight is 401 g/mol. The number of anilines is 1. The fraction of sp³-hybridized carbons (Fsp3) is 0.211. The quantitative estimate of drug-likeness (QED) is 0.467. The third kappa shape index (κ3) is 4.80. The maximum absolute atomic E-state index is 12.9. The molecule has 0 atom stereocenters. The number of carbonyl (C=O) groups excluding carboxylic acids is 1. The van der Waals surface area contributed by atoms with Gasteiger partial charge in [0.15, 0.2) is 5.82 Å². The van der Waals surface area contributed by atoms with Crippen molar-refractivity contribution in [1.29, 1.82) is 0 Å². The molecule has 28 heavy (non-hydrogen) atoms. The van der Waals surface area contributed by atoms with E-state index in [4.69, 9.17) is 10.6 Å². The maximum atomic E-state index is 12.9. The Kier molecular flexibility index (Phi) is 6.15. The Bertz CT molecular complexity index is 955. The van der Waals surface area contributed by atoms with E-state index >= 15 is 0 Å². The minimum atomic E-state index is -0.362. The molecule has 1 amide bonds. The van der Waals surface area contributed by atoms with E-state index in [1.54, 1.807) is 0 Å². The monoisotopic (exact) mass is 401 g/mol. The van der Waals surface area contributed by atoms with E-state index in [-0.39, 0.29) is 24.1 Å². The number of thioether (sulfide) groups is 1. The number of aryl methyl sites for hydroxylation is 2. The summed E-state index contributed by atoms with van der Waals surface area (Å²) in [5.41, 5.74) is 2.56. The number of hydrogen-bond donors (Lipinski definition) is 2. The van der Waals surface area contributed by atoms with Gasteiger partial charge in [-0.15, -0.1) is 10.2 Å². The Morgan fingerprint density at radius 3 is 2.54 bits per heavy atom. The van der Waals surface area contributed by atoms with E-state index in [0.717, 1.165) is 28.6 Å². The van der Waals surface area contributed by atoms with Gasteiger partial charge in [-0.1, -0.05) is 30.0 Å². The summed E-state index contributed by atoms with van der Waals surface area (Å²) >= 11 is 1.15. The van der Waals surface area contributed by atoms with Crippen molar-refractivity contribution in [3.63, 3.8) is 0 Å².